The van der Waals surface area contributed by atoms with Gasteiger partial charge in [0, 0.05) is 24.7 Å². The van der Waals surface area contributed by atoms with Gasteiger partial charge in [-0.2, -0.15) is 0 Å². The first-order valence-electron chi connectivity index (χ1n) is 7.61. The van der Waals surface area contributed by atoms with Crippen molar-refractivity contribution in [3.8, 4) is 0 Å². The topological polar surface area (TPSA) is 26.8 Å². The number of nitrogens with zero attached hydrogens (tertiary/aromatic N) is 3. The van der Waals surface area contributed by atoms with Crippen LogP contribution in [-0.4, -0.2) is 74.0 Å². The summed E-state index contributed by atoms with van der Waals surface area (Å²) in [6.07, 6.45) is 2.20. The summed E-state index contributed by atoms with van der Waals surface area (Å²) in [6, 6.07) is 9.54. The molecule has 0 aromatic heterocycles. The molecule has 0 N–H and O–H groups in total. The van der Waals surface area contributed by atoms with E-state index in [1.165, 1.54) is 0 Å². The maximum atomic E-state index is 12.5. The van der Waals surface area contributed by atoms with Crippen LogP contribution in [0.5, 0.6) is 0 Å². The molecule has 1 aromatic carbocycles. The quantitative estimate of drug-likeness (QED) is 0.845. The molecule has 21 heavy (non-hydrogen) atoms. The molecule has 2 rings (SSSR count). The van der Waals surface area contributed by atoms with E-state index >= 15 is 0 Å². The van der Waals surface area contributed by atoms with Gasteiger partial charge in [0.25, 0.3) is 5.91 Å². The molecule has 4 nitrogen and oxygen atoms in total. The first-order chi connectivity index (χ1) is 9.94. The molecule has 0 atom stereocenters. The molecule has 1 amide bonds. The smallest absolute Gasteiger partial charge is 0.253 e. The van der Waals surface area contributed by atoms with Crippen LogP contribution in [0.4, 0.5) is 0 Å². The van der Waals surface area contributed by atoms with E-state index in [-0.39, 0.29) is 11.4 Å². The number of rotatable bonds is 4. The molecule has 4 heteroatoms. The Balaban J connectivity index is 2.08. The number of benzene rings is 1. The van der Waals surface area contributed by atoms with Gasteiger partial charge in [-0.15, -0.1) is 0 Å². The average Bonchev–Trinajstić information content (AvgIpc) is 2.49. The van der Waals surface area contributed by atoms with Crippen LogP contribution in [0.3, 0.4) is 0 Å². The molecule has 1 aromatic rings. The fourth-order valence-electron chi connectivity index (χ4n) is 3.10. The predicted molar refractivity (Wildman–Crippen MR) is 86.6 cm³/mol. The maximum Gasteiger partial charge on any atom is 0.253 e. The van der Waals surface area contributed by atoms with Crippen molar-refractivity contribution in [2.45, 2.75) is 18.4 Å². The predicted octanol–water partition coefficient (Wildman–Crippen LogP) is 1.78. The summed E-state index contributed by atoms with van der Waals surface area (Å²) in [5, 5.41) is 0. The molecular formula is C17H27N3O. The minimum absolute atomic E-state index is 0.0890. The minimum atomic E-state index is 0.0890. The van der Waals surface area contributed by atoms with Gasteiger partial charge in [0.05, 0.1) is 0 Å². The molecule has 1 aliphatic heterocycles. The van der Waals surface area contributed by atoms with Crippen molar-refractivity contribution in [3.05, 3.63) is 35.9 Å². The standard InChI is InChI=1S/C17H27N3O/c1-18(2)17(10-12-19(3)13-11-17)14-20(4)16(21)15-8-6-5-7-9-15/h5-9H,10-14H2,1-4H3. The highest BCUT2D eigenvalue weighted by atomic mass is 16.2. The molecule has 0 aliphatic carbocycles. The fourth-order valence-corrected chi connectivity index (χ4v) is 3.10. The first kappa shape index (κ1) is 16.0. The van der Waals surface area contributed by atoms with Crippen LogP contribution < -0.4 is 0 Å². The lowest BCUT2D eigenvalue weighted by Gasteiger charge is -2.47. The van der Waals surface area contributed by atoms with E-state index < -0.39 is 0 Å². The van der Waals surface area contributed by atoms with E-state index in [1.807, 2.05) is 42.3 Å². The molecule has 0 bridgehead atoms. The van der Waals surface area contributed by atoms with Crippen molar-refractivity contribution in [1.29, 1.82) is 0 Å². The third kappa shape index (κ3) is 3.63. The van der Waals surface area contributed by atoms with Crippen LogP contribution in [0.1, 0.15) is 23.2 Å². The van der Waals surface area contributed by atoms with Gasteiger partial charge in [-0.05, 0) is 59.2 Å². The lowest BCUT2D eigenvalue weighted by atomic mass is 9.85. The molecule has 0 unspecified atom stereocenters. The van der Waals surface area contributed by atoms with Crippen LogP contribution in [0, 0.1) is 0 Å². The van der Waals surface area contributed by atoms with Crippen molar-refractivity contribution >= 4 is 5.91 Å². The highest BCUT2D eigenvalue weighted by Crippen LogP contribution is 2.27. The van der Waals surface area contributed by atoms with E-state index in [0.29, 0.717) is 0 Å². The Bertz CT molecular complexity index is 464. The SMILES string of the molecule is CN1CCC(CN(C)C(=O)c2ccccc2)(N(C)C)CC1. The summed E-state index contributed by atoms with van der Waals surface area (Å²) in [5.41, 5.74) is 0.855. The maximum absolute atomic E-state index is 12.5. The zero-order chi connectivity index (χ0) is 15.5. The zero-order valence-electron chi connectivity index (χ0n) is 13.7. The summed E-state index contributed by atoms with van der Waals surface area (Å²) in [7, 11) is 8.34. The van der Waals surface area contributed by atoms with Gasteiger partial charge < -0.3 is 14.7 Å². The van der Waals surface area contributed by atoms with Gasteiger partial charge in [-0.1, -0.05) is 18.2 Å². The number of hydrogen-bond donors (Lipinski definition) is 0. The second-order valence-corrected chi connectivity index (χ2v) is 6.45. The molecule has 1 saturated heterocycles. The van der Waals surface area contributed by atoms with Crippen molar-refractivity contribution < 1.29 is 4.79 Å². The molecule has 0 saturated carbocycles. The lowest BCUT2D eigenvalue weighted by molar-refractivity contribution is 0.0331. The van der Waals surface area contributed by atoms with Crippen LogP contribution in [0.25, 0.3) is 0 Å². The number of likely N-dealkylation sites (N-methyl/N-ethyl adjacent to an activating group) is 2. The van der Waals surface area contributed by atoms with Gasteiger partial charge in [-0.25, -0.2) is 0 Å². The van der Waals surface area contributed by atoms with Crippen LogP contribution in [0.15, 0.2) is 30.3 Å². The Morgan fingerprint density at radius 1 is 1.14 bits per heavy atom. The van der Waals surface area contributed by atoms with Gasteiger partial charge in [0.15, 0.2) is 0 Å². The van der Waals surface area contributed by atoms with E-state index in [2.05, 4.69) is 30.9 Å². The molecular weight excluding hydrogens is 262 g/mol. The molecule has 1 aliphatic rings. The van der Waals surface area contributed by atoms with Crippen LogP contribution in [0.2, 0.25) is 0 Å². The van der Waals surface area contributed by atoms with E-state index in [0.717, 1.165) is 38.0 Å². The lowest BCUT2D eigenvalue weighted by Crippen LogP contribution is -2.58. The Labute approximate surface area is 128 Å². The van der Waals surface area contributed by atoms with Gasteiger partial charge in [0.2, 0.25) is 0 Å². The highest BCUT2D eigenvalue weighted by molar-refractivity contribution is 5.94. The van der Waals surface area contributed by atoms with Crippen LogP contribution in [-0.2, 0) is 0 Å². The van der Waals surface area contributed by atoms with E-state index in [4.69, 9.17) is 0 Å². The Morgan fingerprint density at radius 3 is 2.24 bits per heavy atom. The largest absolute Gasteiger partial charge is 0.340 e. The number of piperidine rings is 1. The first-order valence-corrected chi connectivity index (χ1v) is 7.61. The third-order valence-electron chi connectivity index (χ3n) is 4.77. The third-order valence-corrected chi connectivity index (χ3v) is 4.77. The van der Waals surface area contributed by atoms with Gasteiger partial charge >= 0.3 is 0 Å². The number of carbonyl (C=O) groups excluding carboxylic acids is 1. The monoisotopic (exact) mass is 289 g/mol. The Morgan fingerprint density at radius 2 is 1.71 bits per heavy atom. The average molecular weight is 289 g/mol. The Hall–Kier alpha value is -1.39. The van der Waals surface area contributed by atoms with Crippen molar-refractivity contribution in [3.63, 3.8) is 0 Å². The van der Waals surface area contributed by atoms with E-state index in [1.54, 1.807) is 0 Å². The molecule has 0 radical (unpaired) electrons. The molecule has 1 fully saturated rings. The highest BCUT2D eigenvalue weighted by Gasteiger charge is 2.37. The minimum Gasteiger partial charge on any atom is -0.340 e. The Kier molecular flexibility index (Phi) is 5.01. The number of likely N-dealkylation sites (tertiary alicyclic amines) is 1. The molecule has 116 valence electrons. The molecule has 0 spiro atoms. The summed E-state index contributed by atoms with van der Waals surface area (Å²) < 4.78 is 0. The van der Waals surface area contributed by atoms with Crippen molar-refractivity contribution in [2.24, 2.45) is 0 Å². The van der Waals surface area contributed by atoms with Crippen LogP contribution >= 0.6 is 0 Å². The van der Waals surface area contributed by atoms with Gasteiger partial charge in [-0.3, -0.25) is 4.79 Å². The van der Waals surface area contributed by atoms with Gasteiger partial charge in [0.1, 0.15) is 0 Å². The molecule has 1 heterocycles. The normalized spacial score (nSPS) is 18.7. The second-order valence-electron chi connectivity index (χ2n) is 6.45. The summed E-state index contributed by atoms with van der Waals surface area (Å²) in [6.45, 7) is 2.96. The second kappa shape index (κ2) is 6.58. The summed E-state index contributed by atoms with van der Waals surface area (Å²) in [4.78, 5) is 19.1. The number of amides is 1. The summed E-state index contributed by atoms with van der Waals surface area (Å²) >= 11 is 0. The van der Waals surface area contributed by atoms with Crippen molar-refractivity contribution in [2.75, 3.05) is 47.8 Å². The number of carbonyl (C=O) groups is 1. The van der Waals surface area contributed by atoms with E-state index in [9.17, 15) is 4.79 Å². The van der Waals surface area contributed by atoms with Crippen molar-refractivity contribution in [1.82, 2.24) is 14.7 Å². The number of hydrogen-bond acceptors (Lipinski definition) is 3. The zero-order valence-corrected chi connectivity index (χ0v) is 13.7. The summed E-state index contributed by atoms with van der Waals surface area (Å²) in [5.74, 6) is 0.107. The fraction of sp³-hybridized carbons (Fsp3) is 0.588.